The number of para-hydroxylation sites is 1. The van der Waals surface area contributed by atoms with E-state index in [1.165, 1.54) is 6.08 Å². The van der Waals surface area contributed by atoms with Gasteiger partial charge in [-0.2, -0.15) is 0 Å². The number of hydrogen-bond acceptors (Lipinski definition) is 5. The number of carbonyl (C=O) groups is 2. The molecule has 2 aromatic rings. The van der Waals surface area contributed by atoms with E-state index < -0.39 is 17.7 Å². The monoisotopic (exact) mass is 349 g/mol. The zero-order chi connectivity index (χ0) is 18.0. The fraction of sp³-hybridized carbons (Fsp3) is 0.286. The molecule has 5 nitrogen and oxygen atoms in total. The van der Waals surface area contributed by atoms with Crippen LogP contribution in [0, 0.1) is 0 Å². The Morgan fingerprint density at radius 2 is 1.69 bits per heavy atom. The van der Waals surface area contributed by atoms with Crippen molar-refractivity contribution in [3.63, 3.8) is 0 Å². The van der Waals surface area contributed by atoms with Gasteiger partial charge in [-0.1, -0.05) is 36.8 Å². The molecule has 0 amide bonds. The maximum atomic E-state index is 12.3. The molecule has 2 heterocycles. The molecular formula is C21H19NO4. The lowest BCUT2D eigenvalue weighted by Gasteiger charge is -2.38. The molecular weight excluding hydrogens is 330 g/mol. The molecule has 0 unspecified atom stereocenters. The third-order valence-electron chi connectivity index (χ3n) is 4.83. The van der Waals surface area contributed by atoms with Crippen LogP contribution in [0.25, 0.3) is 17.0 Å². The van der Waals surface area contributed by atoms with E-state index in [4.69, 9.17) is 9.47 Å². The van der Waals surface area contributed by atoms with E-state index in [9.17, 15) is 9.59 Å². The summed E-state index contributed by atoms with van der Waals surface area (Å²) in [5.41, 5.74) is 1.77. The number of ether oxygens (including phenoxy) is 2. The van der Waals surface area contributed by atoms with Crippen molar-refractivity contribution in [3.05, 3.63) is 59.8 Å². The Morgan fingerprint density at radius 3 is 2.46 bits per heavy atom. The maximum absolute atomic E-state index is 12.3. The smallest absolute Gasteiger partial charge is 0.348 e. The summed E-state index contributed by atoms with van der Waals surface area (Å²) in [5, 5.41) is 1.000. The van der Waals surface area contributed by atoms with E-state index in [0.717, 1.165) is 35.7 Å². The van der Waals surface area contributed by atoms with Gasteiger partial charge >= 0.3 is 11.9 Å². The third kappa shape index (κ3) is 3.12. The number of benzene rings is 1. The zero-order valence-electron chi connectivity index (χ0n) is 14.3. The van der Waals surface area contributed by atoms with Crippen LogP contribution in [-0.4, -0.2) is 22.7 Å². The van der Waals surface area contributed by atoms with Crippen LogP contribution in [0.2, 0.25) is 0 Å². The second-order valence-electron chi connectivity index (χ2n) is 6.61. The Bertz CT molecular complexity index is 895. The standard InChI is InChI=1S/C21H19NO4/c23-19-17(20(24)26-21(25-19)12-4-1-5-13-21)9-6-7-15-11-14-22-18-10-3-2-8-16(15)18/h2-3,6-11,14H,1,4-5,12-13H2/b7-6+. The molecule has 2 aliphatic rings. The molecule has 0 radical (unpaired) electrons. The van der Waals surface area contributed by atoms with Gasteiger partial charge in [-0.25, -0.2) is 9.59 Å². The van der Waals surface area contributed by atoms with Gasteiger partial charge in [0.1, 0.15) is 5.57 Å². The SMILES string of the molecule is O=C1OC2(CCCCC2)OC(=O)C1=C/C=C/c1ccnc2ccccc12. The Balaban J connectivity index is 1.56. The van der Waals surface area contributed by atoms with E-state index in [1.54, 1.807) is 12.3 Å². The van der Waals surface area contributed by atoms with Gasteiger partial charge in [0.05, 0.1) is 5.52 Å². The van der Waals surface area contributed by atoms with E-state index in [1.807, 2.05) is 36.4 Å². The van der Waals surface area contributed by atoms with E-state index in [0.29, 0.717) is 12.8 Å². The first-order valence-corrected chi connectivity index (χ1v) is 8.86. The number of fused-ring (bicyclic) bond motifs is 1. The predicted molar refractivity (Wildman–Crippen MR) is 96.9 cm³/mol. The molecule has 1 spiro atoms. The van der Waals surface area contributed by atoms with Gasteiger partial charge < -0.3 is 9.47 Å². The van der Waals surface area contributed by atoms with Gasteiger partial charge in [-0.05, 0) is 36.6 Å². The number of allylic oxidation sites excluding steroid dienone is 2. The largest absolute Gasteiger partial charge is 0.419 e. The fourth-order valence-corrected chi connectivity index (χ4v) is 3.49. The van der Waals surface area contributed by atoms with Crippen molar-refractivity contribution in [1.82, 2.24) is 4.98 Å². The van der Waals surface area contributed by atoms with Crippen molar-refractivity contribution in [3.8, 4) is 0 Å². The van der Waals surface area contributed by atoms with Gasteiger partial charge in [-0.3, -0.25) is 4.98 Å². The molecule has 5 heteroatoms. The van der Waals surface area contributed by atoms with Crippen LogP contribution in [-0.2, 0) is 19.1 Å². The summed E-state index contributed by atoms with van der Waals surface area (Å²) in [7, 11) is 0. The van der Waals surface area contributed by atoms with Gasteiger partial charge in [0.2, 0.25) is 0 Å². The van der Waals surface area contributed by atoms with Crippen molar-refractivity contribution in [2.45, 2.75) is 37.9 Å². The summed E-state index contributed by atoms with van der Waals surface area (Å²) >= 11 is 0. The highest BCUT2D eigenvalue weighted by atomic mass is 16.7. The van der Waals surface area contributed by atoms with Crippen LogP contribution in [0.3, 0.4) is 0 Å². The van der Waals surface area contributed by atoms with Crippen LogP contribution in [0.5, 0.6) is 0 Å². The first-order valence-electron chi connectivity index (χ1n) is 8.86. The number of hydrogen-bond donors (Lipinski definition) is 0. The molecule has 1 aliphatic carbocycles. The van der Waals surface area contributed by atoms with Gasteiger partial charge in [0, 0.05) is 24.4 Å². The van der Waals surface area contributed by atoms with E-state index in [2.05, 4.69) is 4.98 Å². The summed E-state index contributed by atoms with van der Waals surface area (Å²) in [5.74, 6) is -2.26. The fourth-order valence-electron chi connectivity index (χ4n) is 3.49. The molecule has 1 aromatic carbocycles. The Morgan fingerprint density at radius 1 is 0.962 bits per heavy atom. The van der Waals surface area contributed by atoms with Crippen molar-refractivity contribution in [2.75, 3.05) is 0 Å². The Hall–Kier alpha value is -2.95. The molecule has 26 heavy (non-hydrogen) atoms. The lowest BCUT2D eigenvalue weighted by atomic mass is 9.93. The van der Waals surface area contributed by atoms with Gasteiger partial charge in [0.25, 0.3) is 5.79 Å². The average molecular weight is 349 g/mol. The van der Waals surface area contributed by atoms with Crippen LogP contribution in [0.1, 0.15) is 37.7 Å². The first kappa shape index (κ1) is 16.5. The minimum absolute atomic E-state index is 0.0733. The molecule has 0 atom stereocenters. The lowest BCUT2D eigenvalue weighted by molar-refractivity contribution is -0.244. The van der Waals surface area contributed by atoms with Crippen LogP contribution in [0.4, 0.5) is 0 Å². The zero-order valence-corrected chi connectivity index (χ0v) is 14.3. The van der Waals surface area contributed by atoms with Crippen LogP contribution < -0.4 is 0 Å². The predicted octanol–water partition coefficient (Wildman–Crippen LogP) is 3.93. The van der Waals surface area contributed by atoms with E-state index in [-0.39, 0.29) is 5.57 Å². The minimum Gasteiger partial charge on any atom is -0.419 e. The average Bonchev–Trinajstić information content (AvgIpc) is 2.65. The molecule has 0 bridgehead atoms. The summed E-state index contributed by atoms with van der Waals surface area (Å²) in [6.45, 7) is 0. The van der Waals surface area contributed by atoms with Crippen molar-refractivity contribution in [2.24, 2.45) is 0 Å². The highest BCUT2D eigenvalue weighted by Gasteiger charge is 2.46. The highest BCUT2D eigenvalue weighted by molar-refractivity contribution is 6.15. The number of esters is 2. The number of rotatable bonds is 2. The second-order valence-corrected chi connectivity index (χ2v) is 6.61. The van der Waals surface area contributed by atoms with Crippen LogP contribution >= 0.6 is 0 Å². The summed E-state index contributed by atoms with van der Waals surface area (Å²) < 4.78 is 11.0. The molecule has 1 aromatic heterocycles. The molecule has 1 saturated carbocycles. The lowest BCUT2D eigenvalue weighted by Crippen LogP contribution is -2.47. The number of aromatic nitrogens is 1. The summed E-state index contributed by atoms with van der Waals surface area (Å²) in [6, 6.07) is 9.67. The first-order chi connectivity index (χ1) is 12.7. The summed E-state index contributed by atoms with van der Waals surface area (Å²) in [4.78, 5) is 28.9. The topological polar surface area (TPSA) is 65.5 Å². The quantitative estimate of drug-likeness (QED) is 0.467. The second kappa shape index (κ2) is 6.75. The number of pyridine rings is 1. The van der Waals surface area contributed by atoms with Gasteiger partial charge in [-0.15, -0.1) is 0 Å². The van der Waals surface area contributed by atoms with Gasteiger partial charge in [0.15, 0.2) is 0 Å². The third-order valence-corrected chi connectivity index (χ3v) is 4.83. The summed E-state index contributed by atoms with van der Waals surface area (Å²) in [6.07, 6.45) is 10.7. The molecule has 4 rings (SSSR count). The maximum Gasteiger partial charge on any atom is 0.348 e. The number of nitrogens with zero attached hydrogens (tertiary/aromatic N) is 1. The van der Waals surface area contributed by atoms with Crippen molar-refractivity contribution in [1.29, 1.82) is 0 Å². The molecule has 1 saturated heterocycles. The van der Waals surface area contributed by atoms with Crippen molar-refractivity contribution < 1.29 is 19.1 Å². The van der Waals surface area contributed by atoms with E-state index >= 15 is 0 Å². The molecule has 1 aliphatic heterocycles. The Kier molecular flexibility index (Phi) is 4.29. The van der Waals surface area contributed by atoms with Crippen LogP contribution in [0.15, 0.2) is 54.3 Å². The highest BCUT2D eigenvalue weighted by Crippen LogP contribution is 2.37. The molecule has 0 N–H and O–H groups in total. The Labute approximate surface area is 151 Å². The minimum atomic E-state index is -1.05. The molecule has 132 valence electrons. The van der Waals surface area contributed by atoms with Crippen molar-refractivity contribution >= 4 is 28.9 Å². The number of carbonyl (C=O) groups excluding carboxylic acids is 2. The normalized spacial score (nSPS) is 19.6. The molecule has 2 fully saturated rings.